The molecule has 150 valence electrons. The number of hydrogen-bond donors (Lipinski definition) is 2. The van der Waals surface area contributed by atoms with Crippen molar-refractivity contribution in [3.63, 3.8) is 0 Å². The number of ether oxygens (including phenoxy) is 1. The highest BCUT2D eigenvalue weighted by Gasteiger charge is 2.36. The third-order valence-electron chi connectivity index (χ3n) is 3.81. The van der Waals surface area contributed by atoms with E-state index in [1.807, 2.05) is 0 Å². The molecule has 0 saturated carbocycles. The number of furan rings is 1. The van der Waals surface area contributed by atoms with Gasteiger partial charge >= 0.3 is 6.36 Å². The van der Waals surface area contributed by atoms with Crippen LogP contribution in [0.5, 0.6) is 5.75 Å². The van der Waals surface area contributed by atoms with Gasteiger partial charge in [0.05, 0.1) is 17.7 Å². The zero-order chi connectivity index (χ0) is 20.4. The number of sulfonamides is 1. The van der Waals surface area contributed by atoms with Crippen LogP contribution in [0, 0.1) is 0 Å². The summed E-state index contributed by atoms with van der Waals surface area (Å²) in [6.45, 7) is -0.444. The van der Waals surface area contributed by atoms with Gasteiger partial charge in [-0.15, -0.1) is 13.2 Å². The smallest absolute Gasteiger partial charge is 0.466 e. The number of alkyl halides is 3. The molecule has 0 spiro atoms. The molecular weight excluding hydrogens is 419 g/mol. The monoisotopic (exact) mass is 433 g/mol. The highest BCUT2D eigenvalue weighted by Crippen LogP contribution is 2.31. The zero-order valence-corrected chi connectivity index (χ0v) is 15.6. The average molecular weight is 433 g/mol. The quantitative estimate of drug-likeness (QED) is 0.596. The molecule has 11 heteroatoms. The minimum Gasteiger partial charge on any atom is -0.466 e. The van der Waals surface area contributed by atoms with Gasteiger partial charge in [0.1, 0.15) is 11.5 Å². The van der Waals surface area contributed by atoms with Gasteiger partial charge in [0.15, 0.2) is 5.60 Å². The van der Waals surface area contributed by atoms with Crippen molar-refractivity contribution in [3.8, 4) is 5.75 Å². The molecule has 0 bridgehead atoms. The molecule has 1 unspecified atom stereocenters. The summed E-state index contributed by atoms with van der Waals surface area (Å²) in [5.74, 6) is -0.403. The predicted molar refractivity (Wildman–Crippen MR) is 94.3 cm³/mol. The highest BCUT2D eigenvalue weighted by atomic mass is 32.2. The molecule has 2 N–H and O–H groups in total. The van der Waals surface area contributed by atoms with Crippen molar-refractivity contribution < 1.29 is 35.8 Å². The average Bonchev–Trinajstić information content (AvgIpc) is 3.32. The maximum absolute atomic E-state index is 12.5. The van der Waals surface area contributed by atoms with Crippen molar-refractivity contribution >= 4 is 21.4 Å². The molecular formula is C17H14F3NO5S2. The minimum absolute atomic E-state index is 0.141. The lowest BCUT2D eigenvalue weighted by atomic mass is 9.94. The fourth-order valence-corrected chi connectivity index (χ4v) is 4.23. The van der Waals surface area contributed by atoms with Gasteiger partial charge < -0.3 is 14.3 Å². The van der Waals surface area contributed by atoms with Crippen LogP contribution in [0.15, 0.2) is 68.8 Å². The summed E-state index contributed by atoms with van der Waals surface area (Å²) in [6.07, 6.45) is -3.53. The van der Waals surface area contributed by atoms with Crippen LogP contribution < -0.4 is 9.46 Å². The Morgan fingerprint density at radius 1 is 1.14 bits per heavy atom. The van der Waals surface area contributed by atoms with Crippen molar-refractivity contribution in [3.05, 3.63) is 70.8 Å². The number of benzene rings is 1. The van der Waals surface area contributed by atoms with E-state index in [0.717, 1.165) is 24.3 Å². The molecule has 2 aromatic heterocycles. The summed E-state index contributed by atoms with van der Waals surface area (Å²) in [5, 5.41) is 14.4. The molecule has 1 aromatic carbocycles. The molecule has 3 rings (SSSR count). The fraction of sp³-hybridized carbons (Fsp3) is 0.176. The summed E-state index contributed by atoms with van der Waals surface area (Å²) in [5.41, 5.74) is -1.32. The number of nitrogens with one attached hydrogen (secondary N) is 1. The van der Waals surface area contributed by atoms with Crippen molar-refractivity contribution in [1.82, 2.24) is 4.72 Å². The molecule has 3 aromatic rings. The number of hydrogen-bond acceptors (Lipinski definition) is 6. The Morgan fingerprint density at radius 2 is 1.86 bits per heavy atom. The van der Waals surface area contributed by atoms with Crippen LogP contribution in [0.4, 0.5) is 13.2 Å². The maximum Gasteiger partial charge on any atom is 0.573 e. The fourth-order valence-electron chi connectivity index (χ4n) is 2.45. The lowest BCUT2D eigenvalue weighted by molar-refractivity contribution is -0.274. The van der Waals surface area contributed by atoms with E-state index in [1.165, 1.54) is 23.7 Å². The van der Waals surface area contributed by atoms with Crippen molar-refractivity contribution in [2.45, 2.75) is 16.9 Å². The van der Waals surface area contributed by atoms with Gasteiger partial charge in [0, 0.05) is 5.56 Å². The Balaban J connectivity index is 1.80. The van der Waals surface area contributed by atoms with Crippen molar-refractivity contribution in [1.29, 1.82) is 0 Å². The number of halogens is 3. The van der Waals surface area contributed by atoms with E-state index in [2.05, 4.69) is 9.46 Å². The van der Waals surface area contributed by atoms with E-state index in [0.29, 0.717) is 5.56 Å². The SMILES string of the molecule is O=S(=O)(NCC(O)(c1ccsc1)c1ccco1)c1ccc(OC(F)(F)F)cc1. The molecule has 0 amide bonds. The van der Waals surface area contributed by atoms with Crippen LogP contribution in [0.25, 0.3) is 0 Å². The second kappa shape index (κ2) is 7.59. The Kier molecular flexibility index (Phi) is 5.53. The third kappa shape index (κ3) is 4.55. The Morgan fingerprint density at radius 3 is 2.39 bits per heavy atom. The summed E-state index contributed by atoms with van der Waals surface area (Å²) in [6, 6.07) is 8.42. The summed E-state index contributed by atoms with van der Waals surface area (Å²) in [4.78, 5) is -0.283. The summed E-state index contributed by atoms with van der Waals surface area (Å²) >= 11 is 1.31. The van der Waals surface area contributed by atoms with Crippen molar-refractivity contribution in [2.75, 3.05) is 6.54 Å². The lowest BCUT2D eigenvalue weighted by Crippen LogP contribution is -2.41. The predicted octanol–water partition coefficient (Wildman–Crippen LogP) is 3.45. The first kappa shape index (κ1) is 20.4. The lowest BCUT2D eigenvalue weighted by Gasteiger charge is -2.25. The largest absolute Gasteiger partial charge is 0.573 e. The maximum atomic E-state index is 12.5. The van der Waals surface area contributed by atoms with E-state index in [1.54, 1.807) is 22.9 Å². The molecule has 0 aliphatic rings. The Labute approximate surface area is 162 Å². The van der Waals surface area contributed by atoms with E-state index >= 15 is 0 Å². The third-order valence-corrected chi connectivity index (χ3v) is 5.91. The normalized spacial score (nSPS) is 14.6. The molecule has 0 radical (unpaired) electrons. The Bertz CT molecular complexity index is 964. The first-order valence-electron chi connectivity index (χ1n) is 7.75. The standard InChI is InChI=1S/C17H14F3NO5S2/c18-17(19,20)26-13-3-5-14(6-4-13)28(23,24)21-11-16(22,12-7-9-27-10-12)15-2-1-8-25-15/h1-10,21-22H,11H2. The first-order chi connectivity index (χ1) is 13.1. The van der Waals surface area contributed by atoms with Gasteiger partial charge in [-0.25, -0.2) is 13.1 Å². The second-order valence-electron chi connectivity index (χ2n) is 5.69. The molecule has 0 aliphatic heterocycles. The van der Waals surface area contributed by atoms with Gasteiger partial charge in [-0.3, -0.25) is 0 Å². The van der Waals surface area contributed by atoms with Crippen LogP contribution in [-0.4, -0.2) is 26.4 Å². The minimum atomic E-state index is -4.88. The zero-order valence-electron chi connectivity index (χ0n) is 14.0. The van der Waals surface area contributed by atoms with Gasteiger partial charge in [0.2, 0.25) is 10.0 Å². The van der Waals surface area contributed by atoms with Gasteiger partial charge in [0.25, 0.3) is 0 Å². The van der Waals surface area contributed by atoms with Crippen LogP contribution in [0.3, 0.4) is 0 Å². The molecule has 0 aliphatic carbocycles. The summed E-state index contributed by atoms with van der Waals surface area (Å²) in [7, 11) is -4.12. The van der Waals surface area contributed by atoms with Crippen molar-refractivity contribution in [2.24, 2.45) is 0 Å². The Hall–Kier alpha value is -2.34. The molecule has 2 heterocycles. The van der Waals surface area contributed by atoms with Crippen LogP contribution in [0.1, 0.15) is 11.3 Å². The van der Waals surface area contributed by atoms with E-state index in [9.17, 15) is 26.7 Å². The van der Waals surface area contributed by atoms with E-state index < -0.39 is 34.3 Å². The van der Waals surface area contributed by atoms with Crippen LogP contribution in [0.2, 0.25) is 0 Å². The van der Waals surface area contributed by atoms with E-state index in [4.69, 9.17) is 4.42 Å². The first-order valence-corrected chi connectivity index (χ1v) is 10.2. The molecule has 6 nitrogen and oxygen atoms in total. The second-order valence-corrected chi connectivity index (χ2v) is 8.24. The highest BCUT2D eigenvalue weighted by molar-refractivity contribution is 7.89. The number of rotatable bonds is 7. The summed E-state index contributed by atoms with van der Waals surface area (Å²) < 4.78 is 72.9. The van der Waals surface area contributed by atoms with Gasteiger partial charge in [-0.2, -0.15) is 11.3 Å². The molecule has 1 atom stereocenters. The van der Waals surface area contributed by atoms with Crippen LogP contribution >= 0.6 is 11.3 Å². The molecule has 0 fully saturated rings. The topological polar surface area (TPSA) is 88.8 Å². The molecule has 28 heavy (non-hydrogen) atoms. The van der Waals surface area contributed by atoms with E-state index in [-0.39, 0.29) is 10.7 Å². The molecule has 0 saturated heterocycles. The van der Waals surface area contributed by atoms with Gasteiger partial charge in [-0.05, 0) is 53.2 Å². The van der Waals surface area contributed by atoms with Crippen LogP contribution in [-0.2, 0) is 15.6 Å². The van der Waals surface area contributed by atoms with Gasteiger partial charge in [-0.1, -0.05) is 0 Å². The number of thiophene rings is 1. The number of aliphatic hydroxyl groups is 1.